The molecule has 6 heteroatoms. The number of sulfone groups is 1. The van der Waals surface area contributed by atoms with Gasteiger partial charge in [-0.15, -0.1) is 0 Å². The first kappa shape index (κ1) is 13.9. The maximum Gasteiger partial charge on any atom is 0.224 e. The zero-order chi connectivity index (χ0) is 13.9. The van der Waals surface area contributed by atoms with E-state index in [1.54, 1.807) is 18.2 Å². The van der Waals surface area contributed by atoms with Gasteiger partial charge in [-0.05, 0) is 30.9 Å². The van der Waals surface area contributed by atoms with E-state index in [1.165, 1.54) is 6.07 Å². The predicted octanol–water partition coefficient (Wildman–Crippen LogP) is 1.55. The highest BCUT2D eigenvalue weighted by Gasteiger charge is 2.25. The van der Waals surface area contributed by atoms with Crippen LogP contribution in [-0.2, 0) is 14.6 Å². The van der Waals surface area contributed by atoms with Crippen LogP contribution in [0, 0.1) is 5.92 Å². The van der Waals surface area contributed by atoms with E-state index in [2.05, 4.69) is 5.32 Å². The lowest BCUT2D eigenvalue weighted by Crippen LogP contribution is -2.26. The Morgan fingerprint density at radius 3 is 2.53 bits per heavy atom. The summed E-state index contributed by atoms with van der Waals surface area (Å²) in [5.74, 6) is 0.283. The predicted molar refractivity (Wildman–Crippen MR) is 72.7 cm³/mol. The lowest BCUT2D eigenvalue weighted by molar-refractivity contribution is -0.117. The van der Waals surface area contributed by atoms with Crippen LogP contribution in [0.4, 0.5) is 5.69 Å². The van der Waals surface area contributed by atoms with Crippen LogP contribution in [0.15, 0.2) is 24.3 Å². The minimum atomic E-state index is -2.89. The van der Waals surface area contributed by atoms with Crippen molar-refractivity contribution in [3.63, 3.8) is 0 Å². The van der Waals surface area contributed by atoms with Crippen molar-refractivity contribution in [2.45, 2.75) is 19.3 Å². The number of hydrogen-bond acceptors (Lipinski definition) is 4. The molecule has 2 rings (SSSR count). The van der Waals surface area contributed by atoms with Crippen LogP contribution < -0.4 is 5.32 Å². The number of phenolic OH excluding ortho intramolecular Hbond substituents is 1. The molecule has 1 aliphatic heterocycles. The molecular formula is C13H17NO4S. The number of amides is 1. The second kappa shape index (κ2) is 5.61. The number of carbonyl (C=O) groups excluding carboxylic acids is 1. The van der Waals surface area contributed by atoms with Gasteiger partial charge in [-0.2, -0.15) is 0 Å². The summed E-state index contributed by atoms with van der Waals surface area (Å²) in [4.78, 5) is 11.8. The number of hydrogen-bond donors (Lipinski definition) is 2. The van der Waals surface area contributed by atoms with Crippen LogP contribution in [0.2, 0.25) is 0 Å². The Balaban J connectivity index is 1.87. The summed E-state index contributed by atoms with van der Waals surface area (Å²) in [7, 11) is -2.89. The molecule has 1 aliphatic rings. The van der Waals surface area contributed by atoms with Crippen molar-refractivity contribution in [1.29, 1.82) is 0 Å². The van der Waals surface area contributed by atoms with Gasteiger partial charge in [-0.25, -0.2) is 8.42 Å². The van der Waals surface area contributed by atoms with Crippen molar-refractivity contribution in [1.82, 2.24) is 0 Å². The molecule has 104 valence electrons. The average Bonchev–Trinajstić information content (AvgIpc) is 2.35. The lowest BCUT2D eigenvalue weighted by atomic mass is 9.98. The van der Waals surface area contributed by atoms with Gasteiger partial charge in [0.25, 0.3) is 0 Å². The van der Waals surface area contributed by atoms with Crippen molar-refractivity contribution in [2.24, 2.45) is 5.92 Å². The molecule has 1 amide bonds. The fourth-order valence-corrected chi connectivity index (χ4v) is 3.77. The fourth-order valence-electron chi connectivity index (χ4n) is 2.19. The van der Waals surface area contributed by atoms with Crippen LogP contribution in [0.5, 0.6) is 5.75 Å². The highest BCUT2D eigenvalue weighted by molar-refractivity contribution is 7.91. The monoisotopic (exact) mass is 283 g/mol. The molecule has 0 bridgehead atoms. The van der Waals surface area contributed by atoms with Crippen molar-refractivity contribution >= 4 is 21.4 Å². The maximum absolute atomic E-state index is 11.8. The van der Waals surface area contributed by atoms with Gasteiger partial charge >= 0.3 is 0 Å². The number of rotatable bonds is 3. The Labute approximate surface area is 112 Å². The number of carbonyl (C=O) groups is 1. The van der Waals surface area contributed by atoms with Gasteiger partial charge in [-0.3, -0.25) is 4.79 Å². The Morgan fingerprint density at radius 1 is 1.26 bits per heavy atom. The van der Waals surface area contributed by atoms with Gasteiger partial charge < -0.3 is 10.4 Å². The smallest absolute Gasteiger partial charge is 0.224 e. The summed E-state index contributed by atoms with van der Waals surface area (Å²) in [6.45, 7) is 0. The van der Waals surface area contributed by atoms with Crippen molar-refractivity contribution in [3.05, 3.63) is 24.3 Å². The Morgan fingerprint density at radius 2 is 1.89 bits per heavy atom. The van der Waals surface area contributed by atoms with Crippen LogP contribution >= 0.6 is 0 Å². The first-order valence-electron chi connectivity index (χ1n) is 6.24. The fraction of sp³-hybridized carbons (Fsp3) is 0.462. The van der Waals surface area contributed by atoms with Crippen LogP contribution in [0.25, 0.3) is 0 Å². The molecule has 1 fully saturated rings. The van der Waals surface area contributed by atoms with E-state index in [9.17, 15) is 18.3 Å². The number of para-hydroxylation sites is 2. The van der Waals surface area contributed by atoms with E-state index < -0.39 is 9.84 Å². The summed E-state index contributed by atoms with van der Waals surface area (Å²) in [6.07, 6.45) is 1.37. The number of nitrogens with one attached hydrogen (secondary N) is 1. The topological polar surface area (TPSA) is 83.5 Å². The third-order valence-corrected chi connectivity index (χ3v) is 5.04. The Bertz CT molecular complexity index is 554. The molecule has 19 heavy (non-hydrogen) atoms. The molecule has 0 saturated carbocycles. The Kier molecular flexibility index (Phi) is 4.09. The number of anilines is 1. The van der Waals surface area contributed by atoms with Gasteiger partial charge in [0.05, 0.1) is 17.2 Å². The van der Waals surface area contributed by atoms with Crippen molar-refractivity contribution in [3.8, 4) is 5.75 Å². The minimum absolute atomic E-state index is 0.0297. The van der Waals surface area contributed by atoms with Gasteiger partial charge in [0.2, 0.25) is 5.91 Å². The number of phenols is 1. The highest BCUT2D eigenvalue weighted by Crippen LogP contribution is 2.25. The summed E-state index contributed by atoms with van der Waals surface area (Å²) in [5.41, 5.74) is 0.385. The van der Waals surface area contributed by atoms with Crippen LogP contribution in [0.1, 0.15) is 19.3 Å². The molecule has 0 aromatic heterocycles. The van der Waals surface area contributed by atoms with E-state index in [-0.39, 0.29) is 29.1 Å². The minimum Gasteiger partial charge on any atom is -0.506 e. The van der Waals surface area contributed by atoms with Gasteiger partial charge in [0, 0.05) is 6.42 Å². The third kappa shape index (κ3) is 3.96. The molecule has 1 saturated heterocycles. The Hall–Kier alpha value is -1.56. The van der Waals surface area contributed by atoms with Crippen molar-refractivity contribution < 1.29 is 18.3 Å². The molecule has 2 N–H and O–H groups in total. The zero-order valence-corrected chi connectivity index (χ0v) is 11.3. The van der Waals surface area contributed by atoms with E-state index in [1.807, 2.05) is 0 Å². The second-order valence-corrected chi connectivity index (χ2v) is 7.17. The average molecular weight is 283 g/mol. The second-order valence-electron chi connectivity index (χ2n) is 4.86. The largest absolute Gasteiger partial charge is 0.506 e. The molecule has 0 spiro atoms. The molecule has 0 atom stereocenters. The highest BCUT2D eigenvalue weighted by atomic mass is 32.2. The normalized spacial score (nSPS) is 18.9. The van der Waals surface area contributed by atoms with Gasteiger partial charge in [0.15, 0.2) is 0 Å². The standard InChI is InChI=1S/C13H17NO4S/c15-12-4-2-1-3-11(12)14-13(16)9-10-5-7-19(17,18)8-6-10/h1-4,10,15H,5-9H2,(H,14,16). The number of benzene rings is 1. The first-order chi connectivity index (χ1) is 8.96. The van der Waals surface area contributed by atoms with E-state index in [0.29, 0.717) is 24.9 Å². The summed E-state index contributed by atoms with van der Waals surface area (Å²) in [6, 6.07) is 6.53. The molecule has 0 aliphatic carbocycles. The van der Waals surface area contributed by atoms with E-state index in [0.717, 1.165) is 0 Å². The van der Waals surface area contributed by atoms with Gasteiger partial charge in [-0.1, -0.05) is 12.1 Å². The zero-order valence-electron chi connectivity index (χ0n) is 10.5. The molecule has 0 radical (unpaired) electrons. The molecular weight excluding hydrogens is 266 g/mol. The number of aromatic hydroxyl groups is 1. The van der Waals surface area contributed by atoms with Crippen molar-refractivity contribution in [2.75, 3.05) is 16.8 Å². The third-order valence-electron chi connectivity index (χ3n) is 3.33. The summed E-state index contributed by atoms with van der Waals surface area (Å²) >= 11 is 0. The van der Waals surface area contributed by atoms with Crippen LogP contribution in [-0.4, -0.2) is 30.9 Å². The first-order valence-corrected chi connectivity index (χ1v) is 8.07. The van der Waals surface area contributed by atoms with Gasteiger partial charge in [0.1, 0.15) is 15.6 Å². The molecule has 0 unspecified atom stereocenters. The van der Waals surface area contributed by atoms with E-state index in [4.69, 9.17) is 0 Å². The molecule has 1 heterocycles. The van der Waals surface area contributed by atoms with E-state index >= 15 is 0 Å². The van der Waals surface area contributed by atoms with Crippen LogP contribution in [0.3, 0.4) is 0 Å². The molecule has 1 aromatic rings. The molecule has 5 nitrogen and oxygen atoms in total. The quantitative estimate of drug-likeness (QED) is 0.824. The summed E-state index contributed by atoms with van der Waals surface area (Å²) < 4.78 is 22.6. The summed E-state index contributed by atoms with van der Waals surface area (Å²) in [5, 5.41) is 12.2. The maximum atomic E-state index is 11.8. The molecule has 1 aromatic carbocycles. The SMILES string of the molecule is O=C(CC1CCS(=O)(=O)CC1)Nc1ccccc1O. The lowest BCUT2D eigenvalue weighted by Gasteiger charge is -2.21.